The fourth-order valence-electron chi connectivity index (χ4n) is 6.64. The van der Waals surface area contributed by atoms with Crippen LogP contribution in [-0.4, -0.2) is 11.4 Å². The predicted molar refractivity (Wildman–Crippen MR) is 212 cm³/mol. The maximum Gasteiger partial charge on any atom is 0.0633 e. The van der Waals surface area contributed by atoms with Crippen molar-refractivity contribution in [2.45, 2.75) is 200 Å². The topological polar surface area (TPSA) is 24.7 Å². The van der Waals surface area contributed by atoms with Gasteiger partial charge in [0.1, 0.15) is 0 Å². The summed E-state index contributed by atoms with van der Waals surface area (Å²) in [5, 5.41) is 0. The van der Waals surface area contributed by atoms with Crippen molar-refractivity contribution in [2.75, 3.05) is 0 Å². The van der Waals surface area contributed by atoms with Gasteiger partial charge in [0.25, 0.3) is 0 Å². The molecule has 0 aliphatic rings. The summed E-state index contributed by atoms with van der Waals surface area (Å²) in [4.78, 5) is 10.3. The Hall–Kier alpha value is -1.73. The molecule has 0 aromatic heterocycles. The van der Waals surface area contributed by atoms with Crippen LogP contribution in [0.4, 0.5) is 11.4 Å². The molecule has 0 spiro atoms. The molecule has 0 N–H and O–H groups in total. The van der Waals surface area contributed by atoms with Gasteiger partial charge in [-0.05, 0) is 49.9 Å². The Morgan fingerprint density at radius 2 is 0.562 bits per heavy atom. The van der Waals surface area contributed by atoms with E-state index in [-0.39, 0.29) is 16.5 Å². The molecule has 48 heavy (non-hydrogen) atoms. The summed E-state index contributed by atoms with van der Waals surface area (Å²) in [6.07, 6.45) is 39.9. The quantitative estimate of drug-likeness (QED) is 0.0412. The molecule has 3 heteroatoms. The zero-order valence-corrected chi connectivity index (χ0v) is 32.5. The zero-order valence-electron chi connectivity index (χ0n) is 31.5. The number of nitrogens with zero attached hydrogens (tertiary/aromatic N) is 2. The average molecular weight is 702 g/mol. The molecule has 0 atom stereocenters. The van der Waals surface area contributed by atoms with Crippen LogP contribution in [0.15, 0.2) is 70.6 Å². The van der Waals surface area contributed by atoms with Crippen LogP contribution < -0.4 is 0 Å². The Morgan fingerprint density at radius 3 is 0.854 bits per heavy atom. The second-order valence-electron chi connectivity index (χ2n) is 14.1. The van der Waals surface area contributed by atoms with Gasteiger partial charge in [-0.3, -0.25) is 9.98 Å². The Morgan fingerprint density at radius 1 is 0.333 bits per heavy atom. The molecule has 274 valence electrons. The van der Waals surface area contributed by atoms with Gasteiger partial charge in [0.05, 0.1) is 22.8 Å². The molecule has 2 aromatic carbocycles. The van der Waals surface area contributed by atoms with Crippen LogP contribution in [0, 0.1) is 0 Å². The van der Waals surface area contributed by atoms with Gasteiger partial charge in [-0.2, -0.15) is 0 Å². The SMILES string of the molecule is CCCCCCCCCCCCCCCCCCCCCCCCCCC(=N\c1ccccc1)/C(CCCCC)=N/c1ccccc1.[Ni]. The van der Waals surface area contributed by atoms with Crippen molar-refractivity contribution >= 4 is 22.8 Å². The predicted octanol–water partition coefficient (Wildman–Crippen LogP) is 15.9. The molecular weight excluding hydrogens is 627 g/mol. The second kappa shape index (κ2) is 33.8. The number of para-hydroxylation sites is 2. The molecule has 0 saturated carbocycles. The first kappa shape index (κ1) is 44.3. The van der Waals surface area contributed by atoms with Crippen LogP contribution in [0.2, 0.25) is 0 Å². The molecule has 2 aromatic rings. The first-order valence-corrected chi connectivity index (χ1v) is 20.6. The van der Waals surface area contributed by atoms with Crippen LogP contribution in [-0.2, 0) is 16.5 Å². The van der Waals surface area contributed by atoms with Crippen molar-refractivity contribution in [1.29, 1.82) is 0 Å². The molecule has 2 nitrogen and oxygen atoms in total. The third-order valence-corrected chi connectivity index (χ3v) is 9.66. The summed E-state index contributed by atoms with van der Waals surface area (Å²) in [6, 6.07) is 20.9. The molecular formula is C45H74N2Ni. The Labute approximate surface area is 308 Å². The fourth-order valence-corrected chi connectivity index (χ4v) is 6.64. The smallest absolute Gasteiger partial charge is 0.0633 e. The summed E-state index contributed by atoms with van der Waals surface area (Å²) < 4.78 is 0. The van der Waals surface area contributed by atoms with E-state index in [2.05, 4.69) is 74.5 Å². The monoisotopic (exact) mass is 701 g/mol. The largest absolute Gasteiger partial charge is 0.252 e. The van der Waals surface area contributed by atoms with Gasteiger partial charge in [-0.25, -0.2) is 0 Å². The van der Waals surface area contributed by atoms with Gasteiger partial charge in [0.2, 0.25) is 0 Å². The van der Waals surface area contributed by atoms with Gasteiger partial charge >= 0.3 is 0 Å². The first-order valence-electron chi connectivity index (χ1n) is 20.6. The molecule has 0 unspecified atom stereocenters. The molecule has 0 saturated heterocycles. The standard InChI is InChI=1S/C45H74N2.Ni/c1-3-5-7-8-9-10-11-12-13-14-15-16-17-18-19-20-21-22-23-24-25-26-27-35-41-45(47-43-38-33-29-34-39-43)44(40-30-6-4-2)46-42-36-31-28-32-37-42;/h28-29,31-34,36-39H,3-27,30,35,40-41H2,1-2H3;/b46-44+,47-45+;. The van der Waals surface area contributed by atoms with Crippen molar-refractivity contribution in [2.24, 2.45) is 9.98 Å². The minimum absolute atomic E-state index is 0. The summed E-state index contributed by atoms with van der Waals surface area (Å²) in [6.45, 7) is 4.58. The van der Waals surface area contributed by atoms with E-state index in [1.807, 2.05) is 0 Å². The van der Waals surface area contributed by atoms with E-state index >= 15 is 0 Å². The Bertz CT molecular complexity index is 1000. The molecule has 0 heterocycles. The zero-order chi connectivity index (χ0) is 33.3. The van der Waals surface area contributed by atoms with Gasteiger partial charge in [0, 0.05) is 16.5 Å². The van der Waals surface area contributed by atoms with E-state index in [0.717, 1.165) is 24.2 Å². The molecule has 2 rings (SSSR count). The van der Waals surface area contributed by atoms with Crippen LogP contribution >= 0.6 is 0 Å². The van der Waals surface area contributed by atoms with Crippen LogP contribution in [0.5, 0.6) is 0 Å². The molecule has 0 fully saturated rings. The summed E-state index contributed by atoms with van der Waals surface area (Å²) in [5.74, 6) is 0. The van der Waals surface area contributed by atoms with E-state index < -0.39 is 0 Å². The number of hydrogen-bond donors (Lipinski definition) is 0. The number of hydrogen-bond acceptors (Lipinski definition) is 2. The number of benzene rings is 2. The average Bonchev–Trinajstić information content (AvgIpc) is 3.10. The van der Waals surface area contributed by atoms with E-state index in [4.69, 9.17) is 9.98 Å². The van der Waals surface area contributed by atoms with Gasteiger partial charge in [0.15, 0.2) is 0 Å². The molecule has 0 aliphatic carbocycles. The van der Waals surface area contributed by atoms with E-state index in [1.54, 1.807) is 0 Å². The van der Waals surface area contributed by atoms with Crippen LogP contribution in [0.1, 0.15) is 200 Å². The van der Waals surface area contributed by atoms with E-state index in [0.29, 0.717) is 0 Å². The first-order chi connectivity index (χ1) is 23.3. The van der Waals surface area contributed by atoms with Crippen molar-refractivity contribution in [3.8, 4) is 0 Å². The van der Waals surface area contributed by atoms with Crippen LogP contribution in [0.3, 0.4) is 0 Å². The number of rotatable bonds is 32. The maximum absolute atomic E-state index is 5.15. The van der Waals surface area contributed by atoms with Gasteiger partial charge in [-0.15, -0.1) is 0 Å². The minimum atomic E-state index is 0. The third-order valence-electron chi connectivity index (χ3n) is 9.66. The molecule has 0 amide bonds. The minimum Gasteiger partial charge on any atom is -0.252 e. The number of unbranched alkanes of at least 4 members (excludes halogenated alkanes) is 25. The Kier molecular flexibility index (Phi) is 31.2. The summed E-state index contributed by atoms with van der Waals surface area (Å²) >= 11 is 0. The molecule has 0 bridgehead atoms. The maximum atomic E-state index is 5.15. The van der Waals surface area contributed by atoms with Crippen molar-refractivity contribution < 1.29 is 16.5 Å². The van der Waals surface area contributed by atoms with E-state index in [9.17, 15) is 0 Å². The van der Waals surface area contributed by atoms with Crippen molar-refractivity contribution in [3.05, 3.63) is 60.7 Å². The van der Waals surface area contributed by atoms with Crippen molar-refractivity contribution in [3.63, 3.8) is 0 Å². The Balaban J connectivity index is 0.0000115. The molecule has 0 radical (unpaired) electrons. The summed E-state index contributed by atoms with van der Waals surface area (Å²) in [7, 11) is 0. The third kappa shape index (κ3) is 25.3. The van der Waals surface area contributed by atoms with Gasteiger partial charge in [-0.1, -0.05) is 211 Å². The number of aliphatic imine (C=N–C) groups is 2. The fraction of sp³-hybridized carbons (Fsp3) is 0.689. The van der Waals surface area contributed by atoms with Crippen LogP contribution in [0.25, 0.3) is 0 Å². The second-order valence-corrected chi connectivity index (χ2v) is 14.1. The van der Waals surface area contributed by atoms with E-state index in [1.165, 1.54) is 185 Å². The summed E-state index contributed by atoms with van der Waals surface area (Å²) in [5.41, 5.74) is 4.46. The van der Waals surface area contributed by atoms with Gasteiger partial charge < -0.3 is 0 Å². The molecule has 0 aliphatic heterocycles. The normalized spacial score (nSPS) is 12.0. The van der Waals surface area contributed by atoms with Crippen molar-refractivity contribution in [1.82, 2.24) is 0 Å².